The van der Waals surface area contributed by atoms with E-state index in [0.29, 0.717) is 11.6 Å². The summed E-state index contributed by atoms with van der Waals surface area (Å²) in [7, 11) is 0. The van der Waals surface area contributed by atoms with Gasteiger partial charge in [0.05, 0.1) is 11.8 Å². The summed E-state index contributed by atoms with van der Waals surface area (Å²) in [6.45, 7) is 4.19. The van der Waals surface area contributed by atoms with Gasteiger partial charge in [0.2, 0.25) is 0 Å². The van der Waals surface area contributed by atoms with Crippen LogP contribution in [0, 0.1) is 0 Å². The second-order valence-electron chi connectivity index (χ2n) is 4.33. The summed E-state index contributed by atoms with van der Waals surface area (Å²) in [6, 6.07) is 8.29. The van der Waals surface area contributed by atoms with Gasteiger partial charge in [0.1, 0.15) is 5.52 Å². The normalized spacial score (nSPS) is 11.7. The molecule has 0 atom stereocenters. The second kappa shape index (κ2) is 3.67. The predicted molar refractivity (Wildman–Crippen MR) is 71.8 cm³/mol. The van der Waals surface area contributed by atoms with Gasteiger partial charge in [-0.2, -0.15) is 0 Å². The largest absolute Gasteiger partial charge is 0.327 e. The van der Waals surface area contributed by atoms with E-state index < -0.39 is 0 Å². The lowest BCUT2D eigenvalue weighted by Gasteiger charge is -2.09. The number of imidazole rings is 1. The second-order valence-corrected chi connectivity index (χ2v) is 5.34. The van der Waals surface area contributed by atoms with Crippen LogP contribution in [0.4, 0.5) is 0 Å². The van der Waals surface area contributed by atoms with Gasteiger partial charge in [-0.3, -0.25) is 4.79 Å². The predicted octanol–water partition coefficient (Wildman–Crippen LogP) is 3.19. The summed E-state index contributed by atoms with van der Waals surface area (Å²) < 4.78 is 3.12. The van der Waals surface area contributed by atoms with Crippen molar-refractivity contribution in [3.05, 3.63) is 40.1 Å². The molecule has 0 aliphatic rings. The summed E-state index contributed by atoms with van der Waals surface area (Å²) >= 11 is 1.26. The number of hydrogen-bond acceptors (Lipinski definition) is 3. The maximum Gasteiger partial charge on any atom is 0.260 e. The average Bonchev–Trinajstić information content (AvgIpc) is 2.74. The highest BCUT2D eigenvalue weighted by Crippen LogP contribution is 2.26. The Kier molecular flexibility index (Phi) is 2.26. The van der Waals surface area contributed by atoms with Crippen molar-refractivity contribution in [2.75, 3.05) is 0 Å². The topological polar surface area (TPSA) is 34.9 Å². The molecule has 0 aliphatic carbocycles. The van der Waals surface area contributed by atoms with Crippen LogP contribution in [-0.2, 0) is 0 Å². The molecule has 0 bridgehead atoms. The minimum atomic E-state index is 0.0399. The van der Waals surface area contributed by atoms with Crippen LogP contribution in [0.15, 0.2) is 35.4 Å². The fourth-order valence-corrected chi connectivity index (χ4v) is 2.94. The zero-order valence-corrected chi connectivity index (χ0v) is 10.5. The van der Waals surface area contributed by atoms with E-state index in [0.717, 1.165) is 15.6 Å². The van der Waals surface area contributed by atoms with Gasteiger partial charge in [-0.25, -0.2) is 4.98 Å². The molecule has 0 saturated carbocycles. The lowest BCUT2D eigenvalue weighted by Crippen LogP contribution is -2.01. The monoisotopic (exact) mass is 244 g/mol. The van der Waals surface area contributed by atoms with Gasteiger partial charge in [0, 0.05) is 16.1 Å². The summed E-state index contributed by atoms with van der Waals surface area (Å²) in [4.78, 5) is 16.2. The lowest BCUT2D eigenvalue weighted by molar-refractivity contribution is 0.619. The van der Waals surface area contributed by atoms with Gasteiger partial charge in [-0.1, -0.05) is 29.5 Å². The molecule has 0 spiro atoms. The summed E-state index contributed by atoms with van der Waals surface area (Å²) in [6.07, 6.45) is 1.76. The molecule has 0 fully saturated rings. The van der Waals surface area contributed by atoms with E-state index in [1.165, 1.54) is 11.3 Å². The van der Waals surface area contributed by atoms with Crippen molar-refractivity contribution in [3.63, 3.8) is 0 Å². The van der Waals surface area contributed by atoms with Gasteiger partial charge in [-0.05, 0) is 19.9 Å². The minimum absolute atomic E-state index is 0.0399. The van der Waals surface area contributed by atoms with Crippen molar-refractivity contribution in [3.8, 4) is 0 Å². The van der Waals surface area contributed by atoms with E-state index >= 15 is 0 Å². The van der Waals surface area contributed by atoms with Crippen LogP contribution in [0.25, 0.3) is 21.1 Å². The van der Waals surface area contributed by atoms with Crippen LogP contribution in [-0.4, -0.2) is 9.55 Å². The van der Waals surface area contributed by atoms with E-state index in [2.05, 4.69) is 23.4 Å². The first-order chi connectivity index (χ1) is 8.18. The molecule has 86 valence electrons. The number of aromatic nitrogens is 2. The quantitative estimate of drug-likeness (QED) is 0.659. The Hall–Kier alpha value is -1.68. The van der Waals surface area contributed by atoms with Crippen molar-refractivity contribution in [1.29, 1.82) is 0 Å². The number of rotatable bonds is 1. The summed E-state index contributed by atoms with van der Waals surface area (Å²) in [5, 5.41) is 1.11. The lowest BCUT2D eigenvalue weighted by atomic mass is 10.2. The van der Waals surface area contributed by atoms with Crippen LogP contribution in [0.1, 0.15) is 19.9 Å². The van der Waals surface area contributed by atoms with Crippen molar-refractivity contribution in [2.45, 2.75) is 19.9 Å². The van der Waals surface area contributed by atoms with Crippen LogP contribution in [0.2, 0.25) is 0 Å². The van der Waals surface area contributed by atoms with Gasteiger partial charge < -0.3 is 4.57 Å². The first kappa shape index (κ1) is 10.5. The van der Waals surface area contributed by atoms with E-state index in [1.54, 1.807) is 6.33 Å². The maximum atomic E-state index is 12.0. The molecule has 0 radical (unpaired) electrons. The van der Waals surface area contributed by atoms with Crippen molar-refractivity contribution >= 4 is 32.5 Å². The first-order valence-corrected chi connectivity index (χ1v) is 6.38. The molecule has 3 nitrogen and oxygen atoms in total. The molecule has 0 N–H and O–H groups in total. The zero-order valence-electron chi connectivity index (χ0n) is 9.68. The summed E-state index contributed by atoms with van der Waals surface area (Å²) in [5.41, 5.74) is 1.54. The van der Waals surface area contributed by atoms with Crippen molar-refractivity contribution < 1.29 is 0 Å². The molecule has 0 aliphatic heterocycles. The number of benzene rings is 1. The Labute approximate surface area is 102 Å². The third-order valence-corrected chi connectivity index (χ3v) is 3.84. The Balaban J connectivity index is 2.61. The van der Waals surface area contributed by atoms with Gasteiger partial charge in [0.15, 0.2) is 0 Å². The van der Waals surface area contributed by atoms with E-state index in [1.807, 2.05) is 24.3 Å². The van der Waals surface area contributed by atoms with Crippen LogP contribution < -0.4 is 4.74 Å². The molecular formula is C13H12N2OS. The van der Waals surface area contributed by atoms with E-state index in [-0.39, 0.29) is 4.74 Å². The van der Waals surface area contributed by atoms with Gasteiger partial charge in [-0.15, -0.1) is 0 Å². The third-order valence-electron chi connectivity index (χ3n) is 2.89. The van der Waals surface area contributed by atoms with Gasteiger partial charge in [0.25, 0.3) is 4.74 Å². The first-order valence-electron chi connectivity index (χ1n) is 5.57. The average molecular weight is 244 g/mol. The molecule has 17 heavy (non-hydrogen) atoms. The van der Waals surface area contributed by atoms with Crippen LogP contribution in [0.3, 0.4) is 0 Å². The highest BCUT2D eigenvalue weighted by atomic mass is 32.1. The van der Waals surface area contributed by atoms with Crippen molar-refractivity contribution in [1.82, 2.24) is 9.55 Å². The summed E-state index contributed by atoms with van der Waals surface area (Å²) in [5.74, 6) is 0. The third kappa shape index (κ3) is 1.48. The SMILES string of the molecule is CC(C)n1cnc2c(=O)sc3ccccc3c21. The molecule has 4 heteroatoms. The Morgan fingerprint density at radius 2 is 2.06 bits per heavy atom. The van der Waals surface area contributed by atoms with E-state index in [9.17, 15) is 4.79 Å². The molecule has 2 aromatic heterocycles. The molecule has 0 unspecified atom stereocenters. The van der Waals surface area contributed by atoms with Crippen LogP contribution >= 0.6 is 11.3 Å². The molecule has 0 amide bonds. The zero-order chi connectivity index (χ0) is 12.0. The molecule has 3 rings (SSSR count). The highest BCUT2D eigenvalue weighted by molar-refractivity contribution is 7.16. The fraction of sp³-hybridized carbons (Fsp3) is 0.231. The molecular weight excluding hydrogens is 232 g/mol. The Morgan fingerprint density at radius 1 is 1.29 bits per heavy atom. The standard InChI is InChI=1S/C13H12N2OS/c1-8(2)15-7-14-11-12(15)9-5-3-4-6-10(9)17-13(11)16/h3-8H,1-2H3. The number of nitrogens with zero attached hydrogens (tertiary/aromatic N) is 2. The smallest absolute Gasteiger partial charge is 0.260 e. The van der Waals surface area contributed by atoms with E-state index in [4.69, 9.17) is 0 Å². The Bertz CT molecular complexity index is 755. The maximum absolute atomic E-state index is 12.0. The Morgan fingerprint density at radius 3 is 2.82 bits per heavy atom. The molecule has 1 aromatic carbocycles. The fourth-order valence-electron chi connectivity index (χ4n) is 2.07. The molecule has 0 saturated heterocycles. The highest BCUT2D eigenvalue weighted by Gasteiger charge is 2.12. The minimum Gasteiger partial charge on any atom is -0.327 e. The molecule has 3 aromatic rings. The molecule has 2 heterocycles. The van der Waals surface area contributed by atoms with Crippen LogP contribution in [0.5, 0.6) is 0 Å². The van der Waals surface area contributed by atoms with Gasteiger partial charge >= 0.3 is 0 Å². The number of fused-ring (bicyclic) bond motifs is 3. The number of hydrogen-bond donors (Lipinski definition) is 0. The van der Waals surface area contributed by atoms with Crippen molar-refractivity contribution in [2.24, 2.45) is 0 Å².